The van der Waals surface area contributed by atoms with Crippen LogP contribution in [0.5, 0.6) is 0 Å². The fraction of sp³-hybridized carbons (Fsp3) is 0. The van der Waals surface area contributed by atoms with Crippen molar-refractivity contribution in [3.8, 4) is 0 Å². The molecule has 0 aliphatic rings. The van der Waals surface area contributed by atoms with Crippen molar-refractivity contribution in [2.75, 3.05) is 5.32 Å². The molecular weight excluding hydrogens is 340 g/mol. The number of amides is 1. The molecule has 7 heteroatoms. The molecule has 21 heavy (non-hydrogen) atoms. The zero-order valence-electron chi connectivity index (χ0n) is 10.6. The average Bonchev–Trinajstić information content (AvgIpc) is 2.46. The summed E-state index contributed by atoms with van der Waals surface area (Å²) in [4.78, 5) is 33.0. The highest BCUT2D eigenvalue weighted by molar-refractivity contribution is 9.10. The fourth-order valence-corrected chi connectivity index (χ4v) is 2.18. The summed E-state index contributed by atoms with van der Waals surface area (Å²) in [5.74, 6) is -0.498. The van der Waals surface area contributed by atoms with Crippen LogP contribution in [-0.4, -0.2) is 17.1 Å². The highest BCUT2D eigenvalue weighted by atomic mass is 79.9. The highest BCUT2D eigenvalue weighted by Crippen LogP contribution is 2.22. The van der Waals surface area contributed by atoms with Crippen molar-refractivity contribution in [3.05, 3.63) is 68.2 Å². The number of halogens is 1. The number of nitrogens with one attached hydrogen (secondary N) is 1. The van der Waals surface area contributed by atoms with Gasteiger partial charge in [0.2, 0.25) is 0 Å². The molecule has 0 aliphatic carbocycles. The van der Waals surface area contributed by atoms with Crippen molar-refractivity contribution >= 4 is 39.5 Å². The molecule has 0 saturated carbocycles. The van der Waals surface area contributed by atoms with E-state index in [-0.39, 0.29) is 11.3 Å². The molecule has 1 amide bonds. The van der Waals surface area contributed by atoms with Gasteiger partial charge in [0, 0.05) is 33.4 Å². The first-order valence-corrected chi connectivity index (χ1v) is 6.60. The molecule has 2 aromatic carbocycles. The van der Waals surface area contributed by atoms with E-state index in [1.54, 1.807) is 18.2 Å². The number of nitrogens with zero attached hydrogens (tertiary/aromatic N) is 1. The van der Waals surface area contributed by atoms with Crippen molar-refractivity contribution in [2.45, 2.75) is 0 Å². The Bertz CT molecular complexity index is 731. The lowest BCUT2D eigenvalue weighted by molar-refractivity contribution is -0.384. The lowest BCUT2D eigenvalue weighted by Crippen LogP contribution is -2.12. The maximum Gasteiger partial charge on any atom is 0.271 e. The van der Waals surface area contributed by atoms with E-state index in [0.717, 1.165) is 0 Å². The number of carbonyl (C=O) groups excluding carboxylic acids is 2. The van der Waals surface area contributed by atoms with Gasteiger partial charge in [0.25, 0.3) is 11.6 Å². The van der Waals surface area contributed by atoms with E-state index in [1.807, 2.05) is 0 Å². The van der Waals surface area contributed by atoms with Crippen molar-refractivity contribution in [2.24, 2.45) is 0 Å². The van der Waals surface area contributed by atoms with E-state index in [4.69, 9.17) is 0 Å². The third kappa shape index (κ3) is 3.73. The van der Waals surface area contributed by atoms with Gasteiger partial charge in [0.05, 0.1) is 4.92 Å². The molecule has 0 unspecified atom stereocenters. The molecule has 6 nitrogen and oxygen atoms in total. The molecule has 2 aromatic rings. The predicted molar refractivity (Wildman–Crippen MR) is 80.6 cm³/mol. The van der Waals surface area contributed by atoms with Crippen LogP contribution < -0.4 is 5.32 Å². The van der Waals surface area contributed by atoms with Crippen LogP contribution in [0.4, 0.5) is 11.4 Å². The number of nitro groups is 1. The van der Waals surface area contributed by atoms with E-state index in [0.29, 0.717) is 22.0 Å². The van der Waals surface area contributed by atoms with Gasteiger partial charge in [0.1, 0.15) is 6.29 Å². The molecule has 0 bridgehead atoms. The second-order valence-corrected chi connectivity index (χ2v) is 5.07. The average molecular weight is 349 g/mol. The SMILES string of the molecule is O=Cc1cccc(NC(=O)c2cc(Br)cc([N+](=O)[O-])c2)c1. The highest BCUT2D eigenvalue weighted by Gasteiger charge is 2.14. The summed E-state index contributed by atoms with van der Waals surface area (Å²) in [6, 6.07) is 10.3. The van der Waals surface area contributed by atoms with Crippen LogP contribution in [0.25, 0.3) is 0 Å². The van der Waals surface area contributed by atoms with Gasteiger partial charge in [0.15, 0.2) is 0 Å². The maximum atomic E-state index is 12.1. The molecule has 0 radical (unpaired) electrons. The van der Waals surface area contributed by atoms with Crippen LogP contribution in [0.2, 0.25) is 0 Å². The number of rotatable bonds is 4. The number of hydrogen-bond donors (Lipinski definition) is 1. The van der Waals surface area contributed by atoms with Crippen molar-refractivity contribution in [1.82, 2.24) is 0 Å². The summed E-state index contributed by atoms with van der Waals surface area (Å²) in [5.41, 5.74) is 0.823. The summed E-state index contributed by atoms with van der Waals surface area (Å²) in [5, 5.41) is 13.4. The second kappa shape index (κ2) is 6.27. The summed E-state index contributed by atoms with van der Waals surface area (Å²) < 4.78 is 0.434. The first-order chi connectivity index (χ1) is 9.99. The van der Waals surface area contributed by atoms with Crippen molar-refractivity contribution < 1.29 is 14.5 Å². The molecule has 106 valence electrons. The number of carbonyl (C=O) groups is 2. The minimum absolute atomic E-state index is 0.146. The lowest BCUT2D eigenvalue weighted by Gasteiger charge is -2.06. The smallest absolute Gasteiger partial charge is 0.271 e. The summed E-state index contributed by atoms with van der Waals surface area (Å²) in [6.45, 7) is 0. The Morgan fingerprint density at radius 2 is 2.00 bits per heavy atom. The van der Waals surface area contributed by atoms with E-state index >= 15 is 0 Å². The van der Waals surface area contributed by atoms with Gasteiger partial charge in [-0.25, -0.2) is 0 Å². The molecule has 0 atom stereocenters. The Morgan fingerprint density at radius 1 is 1.24 bits per heavy atom. The van der Waals surface area contributed by atoms with Crippen LogP contribution in [0.15, 0.2) is 46.9 Å². The van der Waals surface area contributed by atoms with Crippen LogP contribution >= 0.6 is 15.9 Å². The minimum Gasteiger partial charge on any atom is -0.322 e. The quantitative estimate of drug-likeness (QED) is 0.520. The zero-order chi connectivity index (χ0) is 15.4. The summed E-state index contributed by atoms with van der Waals surface area (Å²) >= 11 is 3.13. The minimum atomic E-state index is -0.575. The Kier molecular flexibility index (Phi) is 4.44. The topological polar surface area (TPSA) is 89.3 Å². The van der Waals surface area contributed by atoms with Gasteiger partial charge < -0.3 is 5.32 Å². The molecular formula is C14H9BrN2O4. The zero-order valence-corrected chi connectivity index (χ0v) is 12.2. The molecule has 0 fully saturated rings. The Hall–Kier alpha value is -2.54. The predicted octanol–water partition coefficient (Wildman–Crippen LogP) is 3.42. The van der Waals surface area contributed by atoms with Crippen LogP contribution in [-0.2, 0) is 0 Å². The summed E-state index contributed by atoms with van der Waals surface area (Å²) in [6.07, 6.45) is 0.666. The van der Waals surface area contributed by atoms with Crippen LogP contribution in [0, 0.1) is 10.1 Å². The first kappa shape index (κ1) is 14.9. The third-order valence-electron chi connectivity index (χ3n) is 2.64. The van der Waals surface area contributed by atoms with Crippen LogP contribution in [0.3, 0.4) is 0 Å². The number of non-ortho nitro benzene ring substituents is 1. The first-order valence-electron chi connectivity index (χ1n) is 5.81. The third-order valence-corrected chi connectivity index (χ3v) is 3.09. The van der Waals surface area contributed by atoms with Crippen molar-refractivity contribution in [3.63, 3.8) is 0 Å². The van der Waals surface area contributed by atoms with E-state index in [1.165, 1.54) is 24.3 Å². The number of hydrogen-bond acceptors (Lipinski definition) is 4. The largest absolute Gasteiger partial charge is 0.322 e. The van der Waals surface area contributed by atoms with Crippen LogP contribution in [0.1, 0.15) is 20.7 Å². The molecule has 1 N–H and O–H groups in total. The maximum absolute atomic E-state index is 12.1. The number of nitro benzene ring substituents is 1. The Morgan fingerprint density at radius 3 is 2.67 bits per heavy atom. The molecule has 2 rings (SSSR count). The van der Waals surface area contributed by atoms with Gasteiger partial charge in [-0.1, -0.05) is 28.1 Å². The van der Waals surface area contributed by atoms with Gasteiger partial charge >= 0.3 is 0 Å². The number of anilines is 1. The molecule has 0 aliphatic heterocycles. The van der Waals surface area contributed by atoms with Gasteiger partial charge in [-0.15, -0.1) is 0 Å². The van der Waals surface area contributed by atoms with Gasteiger partial charge in [-0.2, -0.15) is 0 Å². The van der Waals surface area contributed by atoms with Gasteiger partial charge in [-0.3, -0.25) is 19.7 Å². The number of aldehydes is 1. The second-order valence-electron chi connectivity index (χ2n) is 4.15. The van der Waals surface area contributed by atoms with E-state index in [9.17, 15) is 19.7 Å². The fourth-order valence-electron chi connectivity index (χ4n) is 1.70. The molecule has 0 spiro atoms. The molecule has 0 heterocycles. The lowest BCUT2D eigenvalue weighted by atomic mass is 10.1. The Labute approximate surface area is 128 Å². The summed E-state index contributed by atoms with van der Waals surface area (Å²) in [7, 11) is 0. The number of benzene rings is 2. The standard InChI is InChI=1S/C14H9BrN2O4/c15-11-5-10(6-13(7-11)17(20)21)14(19)16-12-3-1-2-9(4-12)8-18/h1-8H,(H,16,19). The Balaban J connectivity index is 2.27. The van der Waals surface area contributed by atoms with E-state index in [2.05, 4.69) is 21.2 Å². The normalized spacial score (nSPS) is 9.95. The molecule has 0 aromatic heterocycles. The monoisotopic (exact) mass is 348 g/mol. The van der Waals surface area contributed by atoms with E-state index < -0.39 is 10.8 Å². The molecule has 0 saturated heterocycles. The van der Waals surface area contributed by atoms with Crippen molar-refractivity contribution in [1.29, 1.82) is 0 Å². The van der Waals surface area contributed by atoms with Gasteiger partial charge in [-0.05, 0) is 18.2 Å².